The van der Waals surface area contributed by atoms with Crippen molar-refractivity contribution in [1.29, 1.82) is 0 Å². The lowest BCUT2D eigenvalue weighted by Gasteiger charge is -2.28. The van der Waals surface area contributed by atoms with Gasteiger partial charge in [-0.3, -0.25) is 0 Å². The summed E-state index contributed by atoms with van der Waals surface area (Å²) in [5.41, 5.74) is 15.8. The number of para-hydroxylation sites is 4. The topological polar surface area (TPSA) is 20.8 Å². The van der Waals surface area contributed by atoms with Crippen LogP contribution in [0.15, 0.2) is 211 Å². The van der Waals surface area contributed by atoms with Crippen molar-refractivity contribution in [2.75, 3.05) is 4.90 Å². The molecule has 0 fully saturated rings. The quantitative estimate of drug-likeness (QED) is 0.170. The molecule has 9 aromatic carbocycles. The average molecular weight is 727 g/mol. The standard InChI is InChI=1S/C54H34N2O/c1-2-12-35(13-3-1)36-24-27-40(28-25-36)55(41-29-31-53-48(34-41)45-18-6-9-23-52(45)57-53)49-21-7-4-16-42(49)39-15-10-14-37(32-39)38-26-30-44-47-20-11-19-46-43-17-5-8-22-50(43)56(54(46)47)51(44)33-38/h1-34H. The van der Waals surface area contributed by atoms with Crippen LogP contribution in [0.3, 0.4) is 0 Å². The molecule has 0 saturated heterocycles. The van der Waals surface area contributed by atoms with E-state index in [0.717, 1.165) is 50.1 Å². The van der Waals surface area contributed by atoms with Crippen LogP contribution in [0.2, 0.25) is 0 Å². The summed E-state index contributed by atoms with van der Waals surface area (Å²) in [6.07, 6.45) is 0. The number of furan rings is 1. The van der Waals surface area contributed by atoms with Gasteiger partial charge in [0, 0.05) is 49.3 Å². The summed E-state index contributed by atoms with van der Waals surface area (Å²) in [5.74, 6) is 0. The molecule has 266 valence electrons. The summed E-state index contributed by atoms with van der Waals surface area (Å²) in [4.78, 5) is 2.38. The van der Waals surface area contributed by atoms with Gasteiger partial charge in [-0.1, -0.05) is 146 Å². The van der Waals surface area contributed by atoms with Gasteiger partial charge in [0.15, 0.2) is 0 Å². The SMILES string of the molecule is c1ccc(-c2ccc(N(c3ccc4oc5ccccc5c4c3)c3ccccc3-c3cccc(-c4ccc5c6cccc7c8ccccc8n(c5c4)c76)c3)cc2)cc1. The van der Waals surface area contributed by atoms with Gasteiger partial charge in [0.1, 0.15) is 11.2 Å². The predicted octanol–water partition coefficient (Wildman–Crippen LogP) is 15.2. The zero-order valence-corrected chi connectivity index (χ0v) is 30.9. The van der Waals surface area contributed by atoms with E-state index in [4.69, 9.17) is 4.42 Å². The molecule has 0 aliphatic carbocycles. The van der Waals surface area contributed by atoms with Crippen LogP contribution in [0.4, 0.5) is 17.1 Å². The number of aromatic nitrogens is 1. The van der Waals surface area contributed by atoms with Crippen molar-refractivity contribution in [3.63, 3.8) is 0 Å². The number of fused-ring (bicyclic) bond motifs is 9. The Hall–Kier alpha value is -7.62. The Morgan fingerprint density at radius 1 is 0.333 bits per heavy atom. The second-order valence-electron chi connectivity index (χ2n) is 14.9. The Balaban J connectivity index is 1.02. The Kier molecular flexibility index (Phi) is 6.93. The fourth-order valence-corrected chi connectivity index (χ4v) is 9.10. The number of nitrogens with zero attached hydrogens (tertiary/aromatic N) is 2. The molecule has 0 spiro atoms. The van der Waals surface area contributed by atoms with Crippen LogP contribution in [0.25, 0.3) is 93.4 Å². The van der Waals surface area contributed by atoms with E-state index in [9.17, 15) is 0 Å². The molecule has 0 radical (unpaired) electrons. The molecule has 0 aliphatic rings. The summed E-state index contributed by atoms with van der Waals surface area (Å²) in [6, 6.07) is 74.5. The molecule has 3 aromatic heterocycles. The summed E-state index contributed by atoms with van der Waals surface area (Å²) >= 11 is 0. The van der Waals surface area contributed by atoms with E-state index in [1.165, 1.54) is 60.3 Å². The van der Waals surface area contributed by atoms with Gasteiger partial charge in [0.2, 0.25) is 0 Å². The minimum atomic E-state index is 0.881. The first-order valence-corrected chi connectivity index (χ1v) is 19.5. The van der Waals surface area contributed by atoms with Gasteiger partial charge in [0.25, 0.3) is 0 Å². The van der Waals surface area contributed by atoms with Crippen LogP contribution in [-0.4, -0.2) is 4.40 Å². The van der Waals surface area contributed by atoms with E-state index in [1.807, 2.05) is 12.1 Å². The highest BCUT2D eigenvalue weighted by Crippen LogP contribution is 2.45. The summed E-state index contributed by atoms with van der Waals surface area (Å²) in [5, 5.41) is 7.39. The molecule has 12 rings (SSSR count). The second kappa shape index (κ2) is 12.5. The second-order valence-corrected chi connectivity index (χ2v) is 14.9. The first-order chi connectivity index (χ1) is 28.3. The third-order valence-electron chi connectivity index (χ3n) is 11.7. The summed E-state index contributed by atoms with van der Waals surface area (Å²) < 4.78 is 8.73. The van der Waals surface area contributed by atoms with E-state index in [0.29, 0.717) is 0 Å². The van der Waals surface area contributed by atoms with Crippen molar-refractivity contribution < 1.29 is 4.42 Å². The number of benzene rings is 9. The number of hydrogen-bond acceptors (Lipinski definition) is 2. The Morgan fingerprint density at radius 3 is 1.81 bits per heavy atom. The van der Waals surface area contributed by atoms with Crippen molar-refractivity contribution >= 4 is 77.1 Å². The Bertz CT molecular complexity index is 3460. The van der Waals surface area contributed by atoms with Gasteiger partial charge in [0.05, 0.1) is 22.2 Å². The van der Waals surface area contributed by atoms with Crippen LogP contribution in [-0.2, 0) is 0 Å². The molecule has 57 heavy (non-hydrogen) atoms. The van der Waals surface area contributed by atoms with E-state index in [2.05, 4.69) is 203 Å². The first kappa shape index (κ1) is 31.7. The minimum absolute atomic E-state index is 0.881. The molecule has 0 saturated carbocycles. The highest BCUT2D eigenvalue weighted by molar-refractivity contribution is 6.23. The molecule has 0 amide bonds. The smallest absolute Gasteiger partial charge is 0.135 e. The molecule has 0 aliphatic heterocycles. The molecule has 3 nitrogen and oxygen atoms in total. The molecule has 0 bridgehead atoms. The zero-order chi connectivity index (χ0) is 37.5. The lowest BCUT2D eigenvalue weighted by Crippen LogP contribution is -2.11. The summed E-state index contributed by atoms with van der Waals surface area (Å²) in [7, 11) is 0. The van der Waals surface area contributed by atoms with E-state index in [1.54, 1.807) is 0 Å². The van der Waals surface area contributed by atoms with Gasteiger partial charge in [-0.15, -0.1) is 0 Å². The van der Waals surface area contributed by atoms with E-state index < -0.39 is 0 Å². The predicted molar refractivity (Wildman–Crippen MR) is 239 cm³/mol. The van der Waals surface area contributed by atoms with Crippen molar-refractivity contribution in [1.82, 2.24) is 4.40 Å². The Labute approximate surface area is 329 Å². The van der Waals surface area contributed by atoms with Gasteiger partial charge in [-0.05, 0) is 88.5 Å². The van der Waals surface area contributed by atoms with Crippen molar-refractivity contribution in [2.45, 2.75) is 0 Å². The van der Waals surface area contributed by atoms with Gasteiger partial charge >= 0.3 is 0 Å². The average Bonchev–Trinajstić information content (AvgIpc) is 3.94. The molecular weight excluding hydrogens is 693 g/mol. The number of hydrogen-bond donors (Lipinski definition) is 0. The van der Waals surface area contributed by atoms with E-state index >= 15 is 0 Å². The minimum Gasteiger partial charge on any atom is -0.456 e. The van der Waals surface area contributed by atoms with E-state index in [-0.39, 0.29) is 0 Å². The highest BCUT2D eigenvalue weighted by Gasteiger charge is 2.21. The molecule has 3 heteroatoms. The van der Waals surface area contributed by atoms with Crippen molar-refractivity contribution in [3.8, 4) is 33.4 Å². The Morgan fingerprint density at radius 2 is 0.930 bits per heavy atom. The van der Waals surface area contributed by atoms with Gasteiger partial charge in [-0.25, -0.2) is 0 Å². The number of rotatable bonds is 6. The molecule has 3 heterocycles. The van der Waals surface area contributed by atoms with Crippen molar-refractivity contribution in [2.24, 2.45) is 0 Å². The number of anilines is 3. The third-order valence-corrected chi connectivity index (χ3v) is 11.7. The van der Waals surface area contributed by atoms with Crippen LogP contribution in [0, 0.1) is 0 Å². The molecule has 12 aromatic rings. The fraction of sp³-hybridized carbons (Fsp3) is 0. The fourth-order valence-electron chi connectivity index (χ4n) is 9.10. The van der Waals surface area contributed by atoms with Gasteiger partial charge < -0.3 is 13.7 Å². The summed E-state index contributed by atoms with van der Waals surface area (Å²) in [6.45, 7) is 0. The maximum absolute atomic E-state index is 6.27. The van der Waals surface area contributed by atoms with Crippen LogP contribution < -0.4 is 4.90 Å². The molecule has 0 N–H and O–H groups in total. The largest absolute Gasteiger partial charge is 0.456 e. The molecular formula is C54H34N2O. The highest BCUT2D eigenvalue weighted by atomic mass is 16.3. The zero-order valence-electron chi connectivity index (χ0n) is 30.9. The maximum Gasteiger partial charge on any atom is 0.135 e. The first-order valence-electron chi connectivity index (χ1n) is 19.5. The van der Waals surface area contributed by atoms with Crippen molar-refractivity contribution in [3.05, 3.63) is 206 Å². The third kappa shape index (κ3) is 4.92. The van der Waals surface area contributed by atoms with Crippen LogP contribution >= 0.6 is 0 Å². The molecule has 0 unspecified atom stereocenters. The lowest BCUT2D eigenvalue weighted by molar-refractivity contribution is 0.669. The maximum atomic E-state index is 6.27. The monoisotopic (exact) mass is 726 g/mol. The lowest BCUT2D eigenvalue weighted by atomic mass is 9.96. The molecule has 0 atom stereocenters. The van der Waals surface area contributed by atoms with Gasteiger partial charge in [-0.2, -0.15) is 0 Å². The normalized spacial score (nSPS) is 11.9. The van der Waals surface area contributed by atoms with Crippen LogP contribution in [0.5, 0.6) is 0 Å². The van der Waals surface area contributed by atoms with Crippen LogP contribution in [0.1, 0.15) is 0 Å².